The van der Waals surface area contributed by atoms with Crippen molar-refractivity contribution in [3.05, 3.63) is 70.7 Å². The second kappa shape index (κ2) is 8.49. The van der Waals surface area contributed by atoms with Crippen LogP contribution in [-0.2, 0) is 6.54 Å². The SMILES string of the molecule is COc1ccc(-c2cnc(=O)n(Cc3nc4cccc(C)c4o3)c2)cc1OC1CCCC1. The van der Waals surface area contributed by atoms with E-state index in [2.05, 4.69) is 9.97 Å². The predicted molar refractivity (Wildman–Crippen MR) is 121 cm³/mol. The molecule has 2 aromatic heterocycles. The highest BCUT2D eigenvalue weighted by Gasteiger charge is 2.19. The van der Waals surface area contributed by atoms with Crippen LogP contribution in [0.25, 0.3) is 22.2 Å². The zero-order valence-corrected chi connectivity index (χ0v) is 18.2. The summed E-state index contributed by atoms with van der Waals surface area (Å²) in [5, 5.41) is 0. The third-order valence-corrected chi connectivity index (χ3v) is 5.91. The lowest BCUT2D eigenvalue weighted by Gasteiger charge is -2.17. The van der Waals surface area contributed by atoms with Gasteiger partial charge in [-0.2, -0.15) is 0 Å². The molecule has 7 nitrogen and oxygen atoms in total. The number of oxazole rings is 1. The normalized spacial score (nSPS) is 14.2. The Labute approximate surface area is 185 Å². The molecule has 0 radical (unpaired) electrons. The van der Waals surface area contributed by atoms with Crippen LogP contribution in [0.4, 0.5) is 0 Å². The molecule has 1 aliphatic rings. The summed E-state index contributed by atoms with van der Waals surface area (Å²) in [5.74, 6) is 1.88. The molecule has 0 saturated heterocycles. The summed E-state index contributed by atoms with van der Waals surface area (Å²) in [5.41, 5.74) is 3.87. The molecule has 2 heterocycles. The summed E-state index contributed by atoms with van der Waals surface area (Å²) >= 11 is 0. The molecular weight excluding hydrogens is 406 g/mol. The van der Waals surface area contributed by atoms with Crippen molar-refractivity contribution >= 4 is 11.1 Å². The maximum Gasteiger partial charge on any atom is 0.348 e. The first-order chi connectivity index (χ1) is 15.6. The van der Waals surface area contributed by atoms with E-state index >= 15 is 0 Å². The fourth-order valence-electron chi connectivity index (χ4n) is 4.20. The first kappa shape index (κ1) is 20.3. The van der Waals surface area contributed by atoms with E-state index in [1.165, 1.54) is 17.4 Å². The fourth-order valence-corrected chi connectivity index (χ4v) is 4.20. The summed E-state index contributed by atoms with van der Waals surface area (Å²) in [6, 6.07) is 11.6. The van der Waals surface area contributed by atoms with Gasteiger partial charge in [-0.25, -0.2) is 14.8 Å². The van der Waals surface area contributed by atoms with Crippen molar-refractivity contribution in [2.45, 2.75) is 45.3 Å². The number of benzene rings is 2. The molecule has 7 heteroatoms. The summed E-state index contributed by atoms with van der Waals surface area (Å²) in [4.78, 5) is 21.0. The molecule has 0 N–H and O–H groups in total. The number of methoxy groups -OCH3 is 1. The van der Waals surface area contributed by atoms with Gasteiger partial charge in [-0.1, -0.05) is 18.2 Å². The summed E-state index contributed by atoms with van der Waals surface area (Å²) in [6.45, 7) is 2.18. The first-order valence-electron chi connectivity index (χ1n) is 10.9. The van der Waals surface area contributed by atoms with Crippen molar-refractivity contribution in [2.24, 2.45) is 0 Å². The van der Waals surface area contributed by atoms with Crippen molar-refractivity contribution in [2.75, 3.05) is 7.11 Å². The summed E-state index contributed by atoms with van der Waals surface area (Å²) < 4.78 is 19.1. The van der Waals surface area contributed by atoms with Crippen LogP contribution in [0.2, 0.25) is 0 Å². The number of hydrogen-bond acceptors (Lipinski definition) is 6. The molecule has 0 bridgehead atoms. The zero-order valence-electron chi connectivity index (χ0n) is 18.2. The van der Waals surface area contributed by atoms with Crippen LogP contribution in [0.3, 0.4) is 0 Å². The second-order valence-electron chi connectivity index (χ2n) is 8.17. The van der Waals surface area contributed by atoms with Gasteiger partial charge in [-0.3, -0.25) is 4.57 Å². The minimum Gasteiger partial charge on any atom is -0.493 e. The van der Waals surface area contributed by atoms with Gasteiger partial charge in [0.1, 0.15) is 12.1 Å². The molecule has 4 aromatic rings. The standard InChI is InChI=1S/C25H25N3O4/c1-16-6-5-9-20-24(16)32-23(27-20)15-28-14-18(13-26-25(28)29)17-10-11-21(30-2)22(12-17)31-19-7-3-4-8-19/h5-6,9-14,19H,3-4,7-8,15H2,1-2H3. The Morgan fingerprint density at radius 3 is 2.75 bits per heavy atom. The third-order valence-electron chi connectivity index (χ3n) is 5.91. The van der Waals surface area contributed by atoms with Crippen molar-refractivity contribution < 1.29 is 13.9 Å². The van der Waals surface area contributed by atoms with E-state index in [1.807, 2.05) is 43.3 Å². The minimum absolute atomic E-state index is 0.204. The van der Waals surface area contributed by atoms with Crippen LogP contribution < -0.4 is 15.2 Å². The fraction of sp³-hybridized carbons (Fsp3) is 0.320. The van der Waals surface area contributed by atoms with E-state index in [1.54, 1.807) is 19.5 Å². The van der Waals surface area contributed by atoms with E-state index in [0.717, 1.165) is 40.6 Å². The van der Waals surface area contributed by atoms with Gasteiger partial charge in [0.15, 0.2) is 17.1 Å². The topological polar surface area (TPSA) is 79.4 Å². The lowest BCUT2D eigenvalue weighted by Crippen LogP contribution is -2.22. The van der Waals surface area contributed by atoms with E-state index in [9.17, 15) is 4.79 Å². The summed E-state index contributed by atoms with van der Waals surface area (Å²) in [7, 11) is 1.64. The Morgan fingerprint density at radius 2 is 1.97 bits per heavy atom. The minimum atomic E-state index is -0.358. The van der Waals surface area contributed by atoms with Crippen molar-refractivity contribution in [1.29, 1.82) is 0 Å². The molecule has 2 aromatic carbocycles. The van der Waals surface area contributed by atoms with Gasteiger partial charge in [0.05, 0.1) is 13.2 Å². The lowest BCUT2D eigenvalue weighted by molar-refractivity contribution is 0.201. The zero-order chi connectivity index (χ0) is 22.1. The molecule has 0 aliphatic heterocycles. The van der Waals surface area contributed by atoms with Gasteiger partial charge in [0, 0.05) is 18.0 Å². The van der Waals surface area contributed by atoms with Crippen LogP contribution in [0.5, 0.6) is 11.5 Å². The molecule has 1 aliphatic carbocycles. The second-order valence-corrected chi connectivity index (χ2v) is 8.17. The lowest BCUT2D eigenvalue weighted by atomic mass is 10.1. The Morgan fingerprint density at radius 1 is 1.12 bits per heavy atom. The molecule has 164 valence electrons. The molecule has 5 rings (SSSR count). The summed E-state index contributed by atoms with van der Waals surface area (Å²) in [6.07, 6.45) is 8.07. The number of nitrogens with zero attached hydrogens (tertiary/aromatic N) is 3. The molecule has 0 unspecified atom stereocenters. The first-order valence-corrected chi connectivity index (χ1v) is 10.9. The van der Waals surface area contributed by atoms with Crippen LogP contribution >= 0.6 is 0 Å². The van der Waals surface area contributed by atoms with Crippen LogP contribution in [0.1, 0.15) is 37.1 Å². The average Bonchev–Trinajstić information content (AvgIpc) is 3.45. The largest absolute Gasteiger partial charge is 0.493 e. The number of para-hydroxylation sites is 1. The third kappa shape index (κ3) is 3.98. The molecule has 0 atom stereocenters. The Hall–Kier alpha value is -3.61. The van der Waals surface area contributed by atoms with Gasteiger partial charge >= 0.3 is 5.69 Å². The number of rotatable bonds is 6. The van der Waals surface area contributed by atoms with Crippen molar-refractivity contribution in [1.82, 2.24) is 14.5 Å². The quantitative estimate of drug-likeness (QED) is 0.439. The molecule has 0 spiro atoms. The van der Waals surface area contributed by atoms with Crippen LogP contribution in [-0.4, -0.2) is 27.7 Å². The maximum absolute atomic E-state index is 12.4. The molecular formula is C25H25N3O4. The maximum atomic E-state index is 12.4. The van der Waals surface area contributed by atoms with Gasteiger partial charge in [0.25, 0.3) is 0 Å². The van der Waals surface area contributed by atoms with Crippen LogP contribution in [0.15, 0.2) is 58.0 Å². The van der Waals surface area contributed by atoms with Crippen LogP contribution in [0, 0.1) is 6.92 Å². The molecule has 0 amide bonds. The number of fused-ring (bicyclic) bond motifs is 1. The van der Waals surface area contributed by atoms with Gasteiger partial charge in [-0.15, -0.1) is 0 Å². The highest BCUT2D eigenvalue weighted by atomic mass is 16.5. The van der Waals surface area contributed by atoms with Gasteiger partial charge in [-0.05, 0) is 61.9 Å². The highest BCUT2D eigenvalue weighted by molar-refractivity contribution is 5.76. The van der Waals surface area contributed by atoms with Crippen molar-refractivity contribution in [3.8, 4) is 22.6 Å². The average molecular weight is 431 g/mol. The van der Waals surface area contributed by atoms with E-state index in [0.29, 0.717) is 17.4 Å². The Balaban J connectivity index is 1.46. The Kier molecular flexibility index (Phi) is 5.39. The Bertz CT molecular complexity index is 1320. The smallest absolute Gasteiger partial charge is 0.348 e. The highest BCUT2D eigenvalue weighted by Crippen LogP contribution is 2.35. The molecule has 1 saturated carbocycles. The number of aromatic nitrogens is 3. The van der Waals surface area contributed by atoms with Crippen molar-refractivity contribution in [3.63, 3.8) is 0 Å². The van der Waals surface area contributed by atoms with E-state index in [4.69, 9.17) is 13.9 Å². The number of ether oxygens (including phenoxy) is 2. The molecule has 32 heavy (non-hydrogen) atoms. The molecule has 1 fully saturated rings. The predicted octanol–water partition coefficient (Wildman–Crippen LogP) is 4.74. The van der Waals surface area contributed by atoms with Gasteiger partial charge in [0.2, 0.25) is 5.89 Å². The van der Waals surface area contributed by atoms with E-state index in [-0.39, 0.29) is 18.3 Å². The number of aryl methyl sites for hydroxylation is 1. The monoisotopic (exact) mass is 431 g/mol. The van der Waals surface area contributed by atoms with Gasteiger partial charge < -0.3 is 13.9 Å². The number of hydrogen-bond donors (Lipinski definition) is 0. The van der Waals surface area contributed by atoms with E-state index < -0.39 is 0 Å².